The average Bonchev–Trinajstić information content (AvgIpc) is 2.00. The van der Waals surface area contributed by atoms with Crippen LogP contribution >= 0.6 is 0 Å². The summed E-state index contributed by atoms with van der Waals surface area (Å²) in [6, 6.07) is 0. The van der Waals surface area contributed by atoms with Crippen LogP contribution < -0.4 is 5.32 Å². The van der Waals surface area contributed by atoms with Gasteiger partial charge in [-0.15, -0.1) is 0 Å². The average molecular weight is 174 g/mol. The van der Waals surface area contributed by atoms with Gasteiger partial charge in [0.05, 0.1) is 0 Å². The van der Waals surface area contributed by atoms with E-state index in [1.807, 2.05) is 14.1 Å². The summed E-state index contributed by atoms with van der Waals surface area (Å²) in [5.41, 5.74) is 0. The maximum atomic E-state index is 10.2. The van der Waals surface area contributed by atoms with Gasteiger partial charge < -0.3 is 15.3 Å². The second kappa shape index (κ2) is 7.06. The number of likely N-dealkylation sites (N-methyl/N-ethyl adjacent to an activating group) is 2. The van der Waals surface area contributed by atoms with Crippen LogP contribution in [-0.4, -0.2) is 49.7 Å². The molecule has 0 saturated carbocycles. The highest BCUT2D eigenvalue weighted by molar-refractivity contribution is 5.66. The summed E-state index contributed by atoms with van der Waals surface area (Å²) in [5, 5.41) is 11.4. The lowest BCUT2D eigenvalue weighted by Gasteiger charge is -2.14. The van der Waals surface area contributed by atoms with Crippen LogP contribution in [0, 0.1) is 0 Å². The fourth-order valence-corrected chi connectivity index (χ4v) is 0.915. The third-order valence-electron chi connectivity index (χ3n) is 1.67. The summed E-state index contributed by atoms with van der Waals surface area (Å²) in [7, 11) is 3.91. The van der Waals surface area contributed by atoms with Gasteiger partial charge >= 0.3 is 5.97 Å². The lowest BCUT2D eigenvalue weighted by atomic mass is 10.3. The van der Waals surface area contributed by atoms with Gasteiger partial charge in [0.25, 0.3) is 0 Å². The number of hydrogen-bond donors (Lipinski definition) is 2. The van der Waals surface area contributed by atoms with Gasteiger partial charge in [-0.2, -0.15) is 0 Å². The van der Waals surface area contributed by atoms with E-state index in [1.165, 1.54) is 0 Å². The van der Waals surface area contributed by atoms with Gasteiger partial charge in [0.1, 0.15) is 0 Å². The van der Waals surface area contributed by atoms with Gasteiger partial charge in [0.2, 0.25) is 0 Å². The van der Waals surface area contributed by atoms with Crippen molar-refractivity contribution in [3.05, 3.63) is 0 Å². The normalized spacial score (nSPS) is 10.6. The van der Waals surface area contributed by atoms with Crippen LogP contribution in [0.25, 0.3) is 0 Å². The van der Waals surface area contributed by atoms with Crippen molar-refractivity contribution in [1.82, 2.24) is 10.2 Å². The molecular weight excluding hydrogens is 156 g/mol. The number of carboxylic acids is 1. The minimum absolute atomic E-state index is 0.268. The smallest absolute Gasteiger partial charge is 0.303 e. The van der Waals surface area contributed by atoms with Gasteiger partial charge in [0, 0.05) is 19.5 Å². The topological polar surface area (TPSA) is 52.6 Å². The number of rotatable bonds is 7. The third kappa shape index (κ3) is 7.50. The summed E-state index contributed by atoms with van der Waals surface area (Å²) in [6.45, 7) is 2.77. The predicted octanol–water partition coefficient (Wildman–Crippen LogP) is 0.00240. The molecule has 0 amide bonds. The first-order chi connectivity index (χ1) is 5.66. The summed E-state index contributed by atoms with van der Waals surface area (Å²) < 4.78 is 0. The number of aliphatic carboxylic acids is 1. The Morgan fingerprint density at radius 3 is 2.67 bits per heavy atom. The van der Waals surface area contributed by atoms with Crippen LogP contribution in [0.5, 0.6) is 0 Å². The largest absolute Gasteiger partial charge is 0.481 e. The summed E-state index contributed by atoms with van der Waals surface area (Å²) in [5.74, 6) is -0.711. The minimum Gasteiger partial charge on any atom is -0.481 e. The first-order valence-electron chi connectivity index (χ1n) is 4.21. The predicted molar refractivity (Wildman–Crippen MR) is 48.3 cm³/mol. The van der Waals surface area contributed by atoms with Crippen molar-refractivity contribution < 1.29 is 9.90 Å². The molecule has 0 aromatic heterocycles. The van der Waals surface area contributed by atoms with Crippen LogP contribution in [-0.2, 0) is 4.79 Å². The molecule has 72 valence electrons. The van der Waals surface area contributed by atoms with E-state index in [9.17, 15) is 4.79 Å². The van der Waals surface area contributed by atoms with Crippen LogP contribution in [0.1, 0.15) is 12.8 Å². The molecule has 0 aromatic rings. The Hall–Kier alpha value is -0.610. The van der Waals surface area contributed by atoms with E-state index in [0.29, 0.717) is 0 Å². The number of carbonyl (C=O) groups is 1. The monoisotopic (exact) mass is 174 g/mol. The van der Waals surface area contributed by atoms with E-state index in [0.717, 1.165) is 26.1 Å². The molecule has 0 unspecified atom stereocenters. The lowest BCUT2D eigenvalue weighted by molar-refractivity contribution is -0.137. The SMILES string of the molecule is CNCCN(C)CCCC(=O)O. The Kier molecular flexibility index (Phi) is 6.70. The molecule has 0 spiro atoms. The summed E-state index contributed by atoms with van der Waals surface area (Å²) >= 11 is 0. The fraction of sp³-hybridized carbons (Fsp3) is 0.875. The molecule has 0 fully saturated rings. The molecule has 0 rings (SSSR count). The minimum atomic E-state index is -0.711. The maximum Gasteiger partial charge on any atom is 0.303 e. The van der Waals surface area contributed by atoms with Crippen LogP contribution in [0.15, 0.2) is 0 Å². The molecule has 0 aromatic carbocycles. The Morgan fingerprint density at radius 2 is 2.17 bits per heavy atom. The zero-order valence-corrected chi connectivity index (χ0v) is 7.84. The molecule has 4 heteroatoms. The standard InChI is InChI=1S/C8H18N2O2/c1-9-5-7-10(2)6-3-4-8(11)12/h9H,3-7H2,1-2H3,(H,11,12). The summed E-state index contributed by atoms with van der Waals surface area (Å²) in [4.78, 5) is 12.3. The Bertz CT molecular complexity index is 128. The Morgan fingerprint density at radius 1 is 1.50 bits per heavy atom. The van der Waals surface area contributed by atoms with Crippen LogP contribution in [0.3, 0.4) is 0 Å². The Balaban J connectivity index is 3.19. The highest BCUT2D eigenvalue weighted by Gasteiger charge is 1.99. The van der Waals surface area contributed by atoms with Crippen molar-refractivity contribution in [3.63, 3.8) is 0 Å². The van der Waals surface area contributed by atoms with E-state index in [1.54, 1.807) is 0 Å². The van der Waals surface area contributed by atoms with E-state index in [4.69, 9.17) is 5.11 Å². The molecule has 0 aliphatic rings. The highest BCUT2D eigenvalue weighted by atomic mass is 16.4. The lowest BCUT2D eigenvalue weighted by Crippen LogP contribution is -2.28. The second-order valence-electron chi connectivity index (χ2n) is 2.90. The van der Waals surface area contributed by atoms with Crippen molar-refractivity contribution in [2.75, 3.05) is 33.7 Å². The number of hydrogen-bond acceptors (Lipinski definition) is 3. The molecule has 0 radical (unpaired) electrons. The number of nitrogens with one attached hydrogen (secondary N) is 1. The van der Waals surface area contributed by atoms with Gasteiger partial charge in [-0.3, -0.25) is 4.79 Å². The quantitative estimate of drug-likeness (QED) is 0.570. The van der Waals surface area contributed by atoms with Gasteiger partial charge in [0.15, 0.2) is 0 Å². The zero-order chi connectivity index (χ0) is 9.40. The zero-order valence-electron chi connectivity index (χ0n) is 7.84. The first-order valence-corrected chi connectivity index (χ1v) is 4.21. The van der Waals surface area contributed by atoms with Crippen molar-refractivity contribution in [3.8, 4) is 0 Å². The Labute approximate surface area is 73.6 Å². The molecule has 0 aliphatic carbocycles. The molecular formula is C8H18N2O2. The molecule has 12 heavy (non-hydrogen) atoms. The van der Waals surface area contributed by atoms with Gasteiger partial charge in [-0.05, 0) is 27.1 Å². The fourth-order valence-electron chi connectivity index (χ4n) is 0.915. The van der Waals surface area contributed by atoms with Crippen molar-refractivity contribution in [2.24, 2.45) is 0 Å². The maximum absolute atomic E-state index is 10.2. The van der Waals surface area contributed by atoms with E-state index < -0.39 is 5.97 Å². The molecule has 2 N–H and O–H groups in total. The van der Waals surface area contributed by atoms with Crippen molar-refractivity contribution >= 4 is 5.97 Å². The number of nitrogens with zero attached hydrogens (tertiary/aromatic N) is 1. The highest BCUT2D eigenvalue weighted by Crippen LogP contribution is 1.91. The third-order valence-corrected chi connectivity index (χ3v) is 1.67. The first kappa shape index (κ1) is 11.4. The van der Waals surface area contributed by atoms with Crippen LogP contribution in [0.4, 0.5) is 0 Å². The molecule has 4 nitrogen and oxygen atoms in total. The molecule has 0 bridgehead atoms. The van der Waals surface area contributed by atoms with E-state index in [2.05, 4.69) is 10.2 Å². The van der Waals surface area contributed by atoms with Gasteiger partial charge in [-0.25, -0.2) is 0 Å². The van der Waals surface area contributed by atoms with E-state index >= 15 is 0 Å². The van der Waals surface area contributed by atoms with Crippen LogP contribution in [0.2, 0.25) is 0 Å². The molecule has 0 atom stereocenters. The molecule has 0 aliphatic heterocycles. The molecule has 0 heterocycles. The van der Waals surface area contributed by atoms with Gasteiger partial charge in [-0.1, -0.05) is 0 Å². The second-order valence-corrected chi connectivity index (χ2v) is 2.90. The van der Waals surface area contributed by atoms with E-state index in [-0.39, 0.29) is 6.42 Å². The van der Waals surface area contributed by atoms with Crippen molar-refractivity contribution in [2.45, 2.75) is 12.8 Å². The number of carboxylic acid groups (broad SMARTS) is 1. The van der Waals surface area contributed by atoms with Crippen molar-refractivity contribution in [1.29, 1.82) is 0 Å². The molecule has 0 saturated heterocycles. The summed E-state index contributed by atoms with van der Waals surface area (Å²) in [6.07, 6.45) is 0.999.